The van der Waals surface area contributed by atoms with Gasteiger partial charge in [-0.15, -0.1) is 0 Å². The van der Waals surface area contributed by atoms with Crippen LogP contribution in [-0.2, 0) is 9.59 Å². The lowest BCUT2D eigenvalue weighted by Crippen LogP contribution is -2.43. The summed E-state index contributed by atoms with van der Waals surface area (Å²) in [6.07, 6.45) is 1.93. The quantitative estimate of drug-likeness (QED) is 0.822. The average molecular weight is 296 g/mol. The molecule has 4 nitrogen and oxygen atoms in total. The number of carbonyl (C=O) groups excluding carboxylic acids is 2. The lowest BCUT2D eigenvalue weighted by molar-refractivity contribution is -0.144. The van der Waals surface area contributed by atoms with E-state index in [-0.39, 0.29) is 0 Å². The SMILES string of the molecule is CC1CCN(C(=O)C(=O)Nc2cccc3ccccc23)CC1. The van der Waals surface area contributed by atoms with Gasteiger partial charge in [0.15, 0.2) is 0 Å². The second-order valence-corrected chi connectivity index (χ2v) is 5.96. The second kappa shape index (κ2) is 6.18. The molecule has 1 saturated heterocycles. The normalized spacial score (nSPS) is 15.8. The molecule has 0 aromatic heterocycles. The Kier molecular flexibility index (Phi) is 4.09. The van der Waals surface area contributed by atoms with Crippen molar-refractivity contribution in [2.45, 2.75) is 19.8 Å². The lowest BCUT2D eigenvalue weighted by Gasteiger charge is -2.29. The maximum absolute atomic E-state index is 12.3. The largest absolute Gasteiger partial charge is 0.334 e. The van der Waals surface area contributed by atoms with Crippen LogP contribution in [0.4, 0.5) is 5.69 Å². The molecular weight excluding hydrogens is 276 g/mol. The van der Waals surface area contributed by atoms with E-state index in [2.05, 4.69) is 12.2 Å². The van der Waals surface area contributed by atoms with Crippen molar-refractivity contribution in [3.05, 3.63) is 42.5 Å². The lowest BCUT2D eigenvalue weighted by atomic mass is 9.99. The summed E-state index contributed by atoms with van der Waals surface area (Å²) >= 11 is 0. The topological polar surface area (TPSA) is 49.4 Å². The van der Waals surface area contributed by atoms with Crippen LogP contribution in [0.1, 0.15) is 19.8 Å². The number of nitrogens with one attached hydrogen (secondary N) is 1. The van der Waals surface area contributed by atoms with Gasteiger partial charge in [-0.25, -0.2) is 0 Å². The molecule has 4 heteroatoms. The fraction of sp³-hybridized carbons (Fsp3) is 0.333. The van der Waals surface area contributed by atoms with Gasteiger partial charge in [0.1, 0.15) is 0 Å². The van der Waals surface area contributed by atoms with Gasteiger partial charge in [-0.3, -0.25) is 9.59 Å². The van der Waals surface area contributed by atoms with Crippen molar-refractivity contribution in [1.29, 1.82) is 0 Å². The zero-order valence-electron chi connectivity index (χ0n) is 12.7. The monoisotopic (exact) mass is 296 g/mol. The number of amides is 2. The minimum absolute atomic E-state index is 0.431. The van der Waals surface area contributed by atoms with Gasteiger partial charge in [-0.05, 0) is 30.2 Å². The summed E-state index contributed by atoms with van der Waals surface area (Å²) in [6.45, 7) is 3.52. The Bertz CT molecular complexity index is 698. The Morgan fingerprint density at radius 3 is 2.50 bits per heavy atom. The van der Waals surface area contributed by atoms with Gasteiger partial charge in [0.25, 0.3) is 0 Å². The maximum Gasteiger partial charge on any atom is 0.313 e. The zero-order valence-corrected chi connectivity index (χ0v) is 12.7. The summed E-state index contributed by atoms with van der Waals surface area (Å²) < 4.78 is 0. The van der Waals surface area contributed by atoms with E-state index in [1.54, 1.807) is 4.90 Å². The fourth-order valence-corrected chi connectivity index (χ4v) is 2.87. The number of fused-ring (bicyclic) bond motifs is 1. The van der Waals surface area contributed by atoms with Crippen molar-refractivity contribution in [3.8, 4) is 0 Å². The van der Waals surface area contributed by atoms with Crippen LogP contribution in [0.3, 0.4) is 0 Å². The third kappa shape index (κ3) is 2.96. The molecule has 22 heavy (non-hydrogen) atoms. The van der Waals surface area contributed by atoms with E-state index < -0.39 is 11.8 Å². The van der Waals surface area contributed by atoms with Crippen molar-refractivity contribution in [2.75, 3.05) is 18.4 Å². The predicted molar refractivity (Wildman–Crippen MR) is 87.6 cm³/mol. The molecule has 0 bridgehead atoms. The highest BCUT2D eigenvalue weighted by atomic mass is 16.2. The summed E-state index contributed by atoms with van der Waals surface area (Å²) in [6, 6.07) is 13.5. The van der Waals surface area contributed by atoms with Crippen molar-refractivity contribution in [1.82, 2.24) is 4.90 Å². The first-order valence-electron chi connectivity index (χ1n) is 7.73. The summed E-state index contributed by atoms with van der Waals surface area (Å²) in [5.41, 5.74) is 0.682. The Morgan fingerprint density at radius 1 is 1.05 bits per heavy atom. The first-order chi connectivity index (χ1) is 10.6. The van der Waals surface area contributed by atoms with Crippen LogP contribution in [0.2, 0.25) is 0 Å². The molecule has 3 rings (SSSR count). The summed E-state index contributed by atoms with van der Waals surface area (Å²) in [5, 5.41) is 4.75. The standard InChI is InChI=1S/C18H20N2O2/c1-13-9-11-20(12-10-13)18(22)17(21)19-16-8-4-6-14-5-2-3-7-15(14)16/h2-8,13H,9-12H2,1H3,(H,19,21). The molecule has 1 aliphatic rings. The molecule has 0 atom stereocenters. The van der Waals surface area contributed by atoms with Crippen LogP contribution >= 0.6 is 0 Å². The van der Waals surface area contributed by atoms with E-state index in [9.17, 15) is 9.59 Å². The van der Waals surface area contributed by atoms with Gasteiger partial charge in [0.05, 0.1) is 0 Å². The van der Waals surface area contributed by atoms with E-state index in [1.165, 1.54) is 0 Å². The summed E-state index contributed by atoms with van der Waals surface area (Å²) in [4.78, 5) is 26.1. The predicted octanol–water partition coefficient (Wildman–Crippen LogP) is 3.04. The number of hydrogen-bond acceptors (Lipinski definition) is 2. The number of nitrogens with zero attached hydrogens (tertiary/aromatic N) is 1. The van der Waals surface area contributed by atoms with Crippen LogP contribution in [0.5, 0.6) is 0 Å². The van der Waals surface area contributed by atoms with E-state index in [0.29, 0.717) is 24.7 Å². The third-order valence-electron chi connectivity index (χ3n) is 4.30. The van der Waals surface area contributed by atoms with E-state index in [1.807, 2.05) is 42.5 Å². The molecule has 0 unspecified atom stereocenters. The first kappa shape index (κ1) is 14.6. The number of hydrogen-bond donors (Lipinski definition) is 1. The highest BCUT2D eigenvalue weighted by Crippen LogP contribution is 2.23. The summed E-state index contributed by atoms with van der Waals surface area (Å²) in [7, 11) is 0. The molecular formula is C18H20N2O2. The fourth-order valence-electron chi connectivity index (χ4n) is 2.87. The number of benzene rings is 2. The molecule has 1 N–H and O–H groups in total. The van der Waals surface area contributed by atoms with E-state index >= 15 is 0 Å². The number of piperidine rings is 1. The number of anilines is 1. The van der Waals surface area contributed by atoms with Gasteiger partial charge >= 0.3 is 11.8 Å². The van der Waals surface area contributed by atoms with Crippen molar-refractivity contribution >= 4 is 28.3 Å². The molecule has 0 radical (unpaired) electrons. The van der Waals surface area contributed by atoms with Crippen molar-refractivity contribution in [3.63, 3.8) is 0 Å². The molecule has 2 aromatic carbocycles. The van der Waals surface area contributed by atoms with Crippen LogP contribution in [0.25, 0.3) is 10.8 Å². The molecule has 0 saturated carbocycles. The smallest absolute Gasteiger partial charge is 0.313 e. The Hall–Kier alpha value is -2.36. The Morgan fingerprint density at radius 2 is 1.73 bits per heavy atom. The number of rotatable bonds is 1. The second-order valence-electron chi connectivity index (χ2n) is 5.96. The maximum atomic E-state index is 12.3. The van der Waals surface area contributed by atoms with Gasteiger partial charge in [0.2, 0.25) is 0 Å². The zero-order chi connectivity index (χ0) is 15.5. The highest BCUT2D eigenvalue weighted by Gasteiger charge is 2.25. The van der Waals surface area contributed by atoms with E-state index in [4.69, 9.17) is 0 Å². The Labute approximate surface area is 130 Å². The minimum Gasteiger partial charge on any atom is -0.334 e. The van der Waals surface area contributed by atoms with Gasteiger partial charge in [-0.2, -0.15) is 0 Å². The van der Waals surface area contributed by atoms with Gasteiger partial charge in [0, 0.05) is 24.2 Å². The molecule has 1 fully saturated rings. The van der Waals surface area contributed by atoms with E-state index in [0.717, 1.165) is 23.6 Å². The molecule has 2 amide bonds. The minimum atomic E-state index is -0.550. The Balaban J connectivity index is 1.74. The third-order valence-corrected chi connectivity index (χ3v) is 4.30. The average Bonchev–Trinajstić information content (AvgIpc) is 2.55. The van der Waals surface area contributed by atoms with Crippen LogP contribution < -0.4 is 5.32 Å². The van der Waals surface area contributed by atoms with Crippen LogP contribution in [0.15, 0.2) is 42.5 Å². The first-order valence-corrected chi connectivity index (χ1v) is 7.73. The molecule has 114 valence electrons. The van der Waals surface area contributed by atoms with Crippen LogP contribution in [-0.4, -0.2) is 29.8 Å². The number of carbonyl (C=O) groups is 2. The van der Waals surface area contributed by atoms with Crippen molar-refractivity contribution < 1.29 is 9.59 Å². The molecule has 0 spiro atoms. The highest BCUT2D eigenvalue weighted by molar-refractivity contribution is 6.40. The molecule has 2 aromatic rings. The van der Waals surface area contributed by atoms with Gasteiger partial charge in [-0.1, -0.05) is 43.3 Å². The molecule has 1 heterocycles. The van der Waals surface area contributed by atoms with Crippen molar-refractivity contribution in [2.24, 2.45) is 5.92 Å². The molecule has 1 aliphatic heterocycles. The van der Waals surface area contributed by atoms with Gasteiger partial charge < -0.3 is 10.2 Å². The summed E-state index contributed by atoms with van der Waals surface area (Å²) in [5.74, 6) is -0.351. The number of likely N-dealkylation sites (tertiary alicyclic amines) is 1. The van der Waals surface area contributed by atoms with Crippen LogP contribution in [0, 0.1) is 5.92 Å². The molecule has 0 aliphatic carbocycles.